The number of ketones is 1. The molecule has 0 unspecified atom stereocenters. The maximum atomic E-state index is 12.1. The standard InChI is InChI=1S/C16H18N2O3/c1-4-18-10-9-13(17-18)6-7-14(19)12-5-8-15(20-2)16(11-12)21-3/h5-11H,4H2,1-3H3/b7-6+. The second-order valence-corrected chi connectivity index (χ2v) is 4.36. The minimum atomic E-state index is -0.109. The molecule has 0 radical (unpaired) electrons. The quantitative estimate of drug-likeness (QED) is 0.605. The van der Waals surface area contributed by atoms with Crippen LogP contribution in [-0.4, -0.2) is 29.8 Å². The monoisotopic (exact) mass is 286 g/mol. The summed E-state index contributed by atoms with van der Waals surface area (Å²) in [5, 5.41) is 4.29. The Balaban J connectivity index is 2.16. The van der Waals surface area contributed by atoms with Crippen LogP contribution >= 0.6 is 0 Å². The van der Waals surface area contributed by atoms with Crippen LogP contribution < -0.4 is 9.47 Å². The molecule has 0 fully saturated rings. The molecule has 0 saturated carbocycles. The lowest BCUT2D eigenvalue weighted by Gasteiger charge is -2.07. The molecule has 0 saturated heterocycles. The van der Waals surface area contributed by atoms with Gasteiger partial charge in [-0.25, -0.2) is 0 Å². The number of hydrogen-bond acceptors (Lipinski definition) is 4. The van der Waals surface area contributed by atoms with Crippen molar-refractivity contribution >= 4 is 11.9 Å². The average molecular weight is 286 g/mol. The van der Waals surface area contributed by atoms with Crippen molar-refractivity contribution < 1.29 is 14.3 Å². The van der Waals surface area contributed by atoms with Crippen LogP contribution in [0.2, 0.25) is 0 Å². The van der Waals surface area contributed by atoms with Crippen LogP contribution in [0.25, 0.3) is 6.08 Å². The van der Waals surface area contributed by atoms with Crippen molar-refractivity contribution in [1.29, 1.82) is 0 Å². The van der Waals surface area contributed by atoms with E-state index in [2.05, 4.69) is 5.10 Å². The summed E-state index contributed by atoms with van der Waals surface area (Å²) in [6, 6.07) is 6.95. The van der Waals surface area contributed by atoms with E-state index in [0.717, 1.165) is 12.2 Å². The number of carbonyl (C=O) groups excluding carboxylic acids is 1. The molecule has 110 valence electrons. The van der Waals surface area contributed by atoms with E-state index in [9.17, 15) is 4.79 Å². The molecule has 0 amide bonds. The lowest BCUT2D eigenvalue weighted by molar-refractivity contribution is 0.104. The topological polar surface area (TPSA) is 53.4 Å². The molecule has 0 N–H and O–H groups in total. The van der Waals surface area contributed by atoms with Gasteiger partial charge in [-0.05, 0) is 43.3 Å². The van der Waals surface area contributed by atoms with Gasteiger partial charge in [0.15, 0.2) is 17.3 Å². The maximum absolute atomic E-state index is 12.1. The molecule has 21 heavy (non-hydrogen) atoms. The Labute approximate surface area is 123 Å². The van der Waals surface area contributed by atoms with Crippen LogP contribution in [-0.2, 0) is 6.54 Å². The lowest BCUT2D eigenvalue weighted by atomic mass is 10.1. The van der Waals surface area contributed by atoms with Crippen LogP contribution in [0.5, 0.6) is 11.5 Å². The number of rotatable bonds is 6. The summed E-state index contributed by atoms with van der Waals surface area (Å²) in [7, 11) is 3.10. The van der Waals surface area contributed by atoms with Gasteiger partial charge in [0.1, 0.15) is 0 Å². The molecular weight excluding hydrogens is 268 g/mol. The Morgan fingerprint density at radius 1 is 1.24 bits per heavy atom. The molecule has 1 heterocycles. The fraction of sp³-hybridized carbons (Fsp3) is 0.250. The molecule has 1 aromatic carbocycles. The highest BCUT2D eigenvalue weighted by Crippen LogP contribution is 2.27. The molecule has 0 aliphatic carbocycles. The van der Waals surface area contributed by atoms with E-state index in [-0.39, 0.29) is 5.78 Å². The third-order valence-corrected chi connectivity index (χ3v) is 3.06. The number of benzene rings is 1. The first kappa shape index (κ1) is 14.8. The molecule has 0 aliphatic heterocycles. The van der Waals surface area contributed by atoms with E-state index in [1.807, 2.05) is 19.2 Å². The van der Waals surface area contributed by atoms with Crippen molar-refractivity contribution in [3.05, 3.63) is 47.8 Å². The summed E-state index contributed by atoms with van der Waals surface area (Å²) in [6.07, 6.45) is 5.08. The van der Waals surface area contributed by atoms with Crippen molar-refractivity contribution in [2.24, 2.45) is 0 Å². The Hall–Kier alpha value is -2.56. The van der Waals surface area contributed by atoms with E-state index in [1.54, 1.807) is 43.2 Å². The summed E-state index contributed by atoms with van der Waals surface area (Å²) in [6.45, 7) is 2.81. The lowest BCUT2D eigenvalue weighted by Crippen LogP contribution is -1.97. The van der Waals surface area contributed by atoms with E-state index < -0.39 is 0 Å². The summed E-state index contributed by atoms with van der Waals surface area (Å²) >= 11 is 0. The molecule has 2 aromatic rings. The first-order valence-corrected chi connectivity index (χ1v) is 6.65. The molecule has 5 heteroatoms. The van der Waals surface area contributed by atoms with Gasteiger partial charge in [-0.15, -0.1) is 0 Å². The van der Waals surface area contributed by atoms with Crippen LogP contribution in [0, 0.1) is 0 Å². The fourth-order valence-electron chi connectivity index (χ4n) is 1.89. The van der Waals surface area contributed by atoms with Gasteiger partial charge in [0.05, 0.1) is 19.9 Å². The highest BCUT2D eigenvalue weighted by Gasteiger charge is 2.08. The van der Waals surface area contributed by atoms with Gasteiger partial charge in [-0.1, -0.05) is 0 Å². The molecule has 2 rings (SSSR count). The van der Waals surface area contributed by atoms with Gasteiger partial charge in [0.2, 0.25) is 0 Å². The van der Waals surface area contributed by atoms with Crippen molar-refractivity contribution in [1.82, 2.24) is 9.78 Å². The minimum Gasteiger partial charge on any atom is -0.493 e. The van der Waals surface area contributed by atoms with Gasteiger partial charge in [-0.2, -0.15) is 5.10 Å². The number of ether oxygens (including phenoxy) is 2. The molecule has 0 aliphatic rings. The number of aromatic nitrogens is 2. The number of nitrogens with zero attached hydrogens (tertiary/aromatic N) is 2. The molecular formula is C16H18N2O3. The maximum Gasteiger partial charge on any atom is 0.186 e. The van der Waals surface area contributed by atoms with Crippen LogP contribution in [0.3, 0.4) is 0 Å². The summed E-state index contributed by atoms with van der Waals surface area (Å²) in [5.74, 6) is 1.02. The Kier molecular flexibility index (Phi) is 4.77. The third-order valence-electron chi connectivity index (χ3n) is 3.06. The number of methoxy groups -OCH3 is 2. The summed E-state index contributed by atoms with van der Waals surface area (Å²) in [5.41, 5.74) is 1.30. The zero-order valence-electron chi connectivity index (χ0n) is 12.4. The molecule has 1 aromatic heterocycles. The number of aryl methyl sites for hydroxylation is 1. The van der Waals surface area contributed by atoms with Gasteiger partial charge < -0.3 is 9.47 Å². The van der Waals surface area contributed by atoms with E-state index in [4.69, 9.17) is 9.47 Å². The van der Waals surface area contributed by atoms with Crippen LogP contribution in [0.15, 0.2) is 36.5 Å². The highest BCUT2D eigenvalue weighted by molar-refractivity contribution is 6.07. The van der Waals surface area contributed by atoms with Crippen molar-refractivity contribution in [2.75, 3.05) is 14.2 Å². The SMILES string of the molecule is CCn1ccc(/C=C/C(=O)c2ccc(OC)c(OC)c2)n1. The molecule has 0 bridgehead atoms. The van der Waals surface area contributed by atoms with Crippen LogP contribution in [0.1, 0.15) is 23.0 Å². The summed E-state index contributed by atoms with van der Waals surface area (Å²) < 4.78 is 12.1. The van der Waals surface area contributed by atoms with Crippen molar-refractivity contribution in [3.63, 3.8) is 0 Å². The average Bonchev–Trinajstić information content (AvgIpc) is 2.99. The van der Waals surface area contributed by atoms with Crippen molar-refractivity contribution in [3.8, 4) is 11.5 Å². The normalized spacial score (nSPS) is 10.8. The largest absolute Gasteiger partial charge is 0.493 e. The summed E-state index contributed by atoms with van der Waals surface area (Å²) in [4.78, 5) is 12.1. The molecule has 5 nitrogen and oxygen atoms in total. The Morgan fingerprint density at radius 2 is 2.00 bits per heavy atom. The number of hydrogen-bond donors (Lipinski definition) is 0. The predicted molar refractivity (Wildman–Crippen MR) is 80.8 cm³/mol. The van der Waals surface area contributed by atoms with E-state index >= 15 is 0 Å². The second-order valence-electron chi connectivity index (χ2n) is 4.36. The molecule has 0 spiro atoms. The van der Waals surface area contributed by atoms with Gasteiger partial charge in [-0.3, -0.25) is 9.48 Å². The third kappa shape index (κ3) is 3.51. The van der Waals surface area contributed by atoms with Gasteiger partial charge in [0.25, 0.3) is 0 Å². The molecule has 0 atom stereocenters. The Bertz CT molecular complexity index is 659. The fourth-order valence-corrected chi connectivity index (χ4v) is 1.89. The first-order valence-electron chi connectivity index (χ1n) is 6.65. The number of allylic oxidation sites excluding steroid dienone is 1. The smallest absolute Gasteiger partial charge is 0.186 e. The van der Waals surface area contributed by atoms with Crippen molar-refractivity contribution in [2.45, 2.75) is 13.5 Å². The van der Waals surface area contributed by atoms with E-state index in [0.29, 0.717) is 17.1 Å². The second kappa shape index (κ2) is 6.74. The zero-order valence-corrected chi connectivity index (χ0v) is 12.4. The van der Waals surface area contributed by atoms with E-state index in [1.165, 1.54) is 6.08 Å². The van der Waals surface area contributed by atoms with Gasteiger partial charge >= 0.3 is 0 Å². The minimum absolute atomic E-state index is 0.109. The predicted octanol–water partition coefficient (Wildman–Crippen LogP) is 2.82. The van der Waals surface area contributed by atoms with Gasteiger partial charge in [0, 0.05) is 18.3 Å². The zero-order chi connectivity index (χ0) is 15.2. The Morgan fingerprint density at radius 3 is 2.62 bits per heavy atom. The number of carbonyl (C=O) groups is 1. The highest BCUT2D eigenvalue weighted by atomic mass is 16.5. The van der Waals surface area contributed by atoms with Crippen LogP contribution in [0.4, 0.5) is 0 Å². The first-order chi connectivity index (χ1) is 10.2.